The highest BCUT2D eigenvalue weighted by atomic mass is 16.5. The first-order valence-corrected chi connectivity index (χ1v) is 14.9. The number of aliphatic hydroxyl groups excluding tert-OH is 1. The predicted molar refractivity (Wildman–Crippen MR) is 171 cm³/mol. The minimum Gasteiger partial charge on any atom is -0.480 e. The van der Waals surface area contributed by atoms with Crippen LogP contribution < -0.4 is 26.0 Å². The Bertz CT molecular complexity index is 1660. The van der Waals surface area contributed by atoms with Gasteiger partial charge in [-0.1, -0.05) is 18.2 Å². The molecule has 45 heavy (non-hydrogen) atoms. The molecule has 1 aliphatic heterocycles. The largest absolute Gasteiger partial charge is 0.480 e. The van der Waals surface area contributed by atoms with Gasteiger partial charge < -0.3 is 31.1 Å². The van der Waals surface area contributed by atoms with Gasteiger partial charge >= 0.3 is 0 Å². The van der Waals surface area contributed by atoms with Crippen LogP contribution in [0.15, 0.2) is 55.0 Å². The second-order valence-electron chi connectivity index (χ2n) is 10.9. The van der Waals surface area contributed by atoms with E-state index in [1.807, 2.05) is 44.2 Å². The van der Waals surface area contributed by atoms with Gasteiger partial charge in [-0.15, -0.1) is 0 Å². The number of amides is 2. The van der Waals surface area contributed by atoms with Gasteiger partial charge in [0, 0.05) is 67.8 Å². The molecule has 5 N–H and O–H groups in total. The van der Waals surface area contributed by atoms with Gasteiger partial charge in [0.25, 0.3) is 5.91 Å². The third-order valence-electron chi connectivity index (χ3n) is 7.77. The van der Waals surface area contributed by atoms with Gasteiger partial charge in [0.15, 0.2) is 0 Å². The molecule has 1 aromatic carbocycles. The first-order valence-electron chi connectivity index (χ1n) is 14.9. The van der Waals surface area contributed by atoms with E-state index < -0.39 is 0 Å². The minimum atomic E-state index is -0.312. The molecule has 0 spiro atoms. The number of ether oxygens (including phenoxy) is 1. The van der Waals surface area contributed by atoms with Gasteiger partial charge in [-0.05, 0) is 55.2 Å². The fourth-order valence-electron chi connectivity index (χ4n) is 5.28. The number of methoxy groups -OCH3 is 1. The van der Waals surface area contributed by atoms with Crippen LogP contribution in [0.2, 0.25) is 0 Å². The van der Waals surface area contributed by atoms with Crippen molar-refractivity contribution in [3.8, 4) is 28.4 Å². The van der Waals surface area contributed by atoms with Crippen molar-refractivity contribution in [2.24, 2.45) is 0 Å². The molecule has 234 valence electrons. The standard InChI is InChI=1S/C33H38N8O4/c1-20-25(5-4-6-26(20)40-32(44)27-9-7-22(16-37-27)15-34-13-14-42)31-21(2)24(11-12-36-31)28-19-38-29(33(41-28)45-3)18-35-17-23-8-10-30(43)39-23/h4-7,9,11-12,16,19,23,34-35,42H,8,10,13-15,17-18H2,1-3H3,(H,39,43)(H,40,44). The lowest BCUT2D eigenvalue weighted by molar-refractivity contribution is -0.119. The molecule has 5 rings (SSSR count). The Labute approximate surface area is 262 Å². The molecule has 3 aromatic heterocycles. The van der Waals surface area contributed by atoms with Crippen molar-refractivity contribution >= 4 is 17.5 Å². The molecule has 1 unspecified atom stereocenters. The summed E-state index contributed by atoms with van der Waals surface area (Å²) in [6.07, 6.45) is 6.51. The van der Waals surface area contributed by atoms with Crippen LogP contribution in [0.4, 0.5) is 5.69 Å². The van der Waals surface area contributed by atoms with Crippen LogP contribution in [0.1, 0.15) is 45.7 Å². The number of pyridine rings is 2. The van der Waals surface area contributed by atoms with Gasteiger partial charge in [0.05, 0.1) is 31.3 Å². The van der Waals surface area contributed by atoms with E-state index in [0.29, 0.717) is 61.2 Å². The van der Waals surface area contributed by atoms with Crippen LogP contribution >= 0.6 is 0 Å². The average Bonchev–Trinajstić information content (AvgIpc) is 3.47. The first-order chi connectivity index (χ1) is 21.9. The number of hydrogen-bond donors (Lipinski definition) is 5. The number of nitrogens with one attached hydrogen (secondary N) is 4. The summed E-state index contributed by atoms with van der Waals surface area (Å²) >= 11 is 0. The Hall–Kier alpha value is -4.78. The Balaban J connectivity index is 1.32. The van der Waals surface area contributed by atoms with E-state index >= 15 is 0 Å². The van der Waals surface area contributed by atoms with E-state index in [2.05, 4.69) is 31.2 Å². The summed E-state index contributed by atoms with van der Waals surface area (Å²) in [7, 11) is 1.57. The second kappa shape index (κ2) is 14.8. The lowest BCUT2D eigenvalue weighted by Gasteiger charge is -2.16. The van der Waals surface area contributed by atoms with Gasteiger partial charge in [-0.3, -0.25) is 24.5 Å². The zero-order valence-corrected chi connectivity index (χ0v) is 25.7. The van der Waals surface area contributed by atoms with Crippen molar-refractivity contribution in [2.75, 3.05) is 32.1 Å². The predicted octanol–water partition coefficient (Wildman–Crippen LogP) is 2.93. The van der Waals surface area contributed by atoms with Crippen LogP contribution in [0.25, 0.3) is 22.5 Å². The summed E-state index contributed by atoms with van der Waals surface area (Å²) in [5.41, 5.74) is 7.52. The van der Waals surface area contributed by atoms with Gasteiger partial charge in [-0.2, -0.15) is 0 Å². The van der Waals surface area contributed by atoms with Gasteiger partial charge in [0.1, 0.15) is 11.4 Å². The lowest BCUT2D eigenvalue weighted by Crippen LogP contribution is -2.35. The third-order valence-corrected chi connectivity index (χ3v) is 7.77. The highest BCUT2D eigenvalue weighted by molar-refractivity contribution is 6.03. The number of rotatable bonds is 13. The molecule has 2 amide bonds. The maximum Gasteiger partial charge on any atom is 0.274 e. The zero-order valence-electron chi connectivity index (χ0n) is 25.7. The van der Waals surface area contributed by atoms with Crippen molar-refractivity contribution in [3.63, 3.8) is 0 Å². The molecule has 4 aromatic rings. The average molecular weight is 611 g/mol. The molecule has 4 heterocycles. The fourth-order valence-corrected chi connectivity index (χ4v) is 5.28. The SMILES string of the molecule is COc1nc(-c2ccnc(-c3cccc(NC(=O)c4ccc(CNCCO)cn4)c3C)c2C)cnc1CNCC1CCC(=O)N1. The smallest absolute Gasteiger partial charge is 0.274 e. The molecule has 1 atom stereocenters. The number of anilines is 1. The Morgan fingerprint density at radius 2 is 1.89 bits per heavy atom. The van der Waals surface area contributed by atoms with Gasteiger partial charge in [-0.25, -0.2) is 4.98 Å². The van der Waals surface area contributed by atoms with Gasteiger partial charge in [0.2, 0.25) is 11.8 Å². The Morgan fingerprint density at radius 3 is 2.62 bits per heavy atom. The number of aromatic nitrogens is 4. The molecule has 1 fully saturated rings. The highest BCUT2D eigenvalue weighted by Gasteiger charge is 2.21. The molecular formula is C33H38N8O4. The zero-order chi connectivity index (χ0) is 31.8. The van der Waals surface area contributed by atoms with E-state index in [0.717, 1.165) is 39.9 Å². The number of nitrogens with zero attached hydrogens (tertiary/aromatic N) is 4. The molecular weight excluding hydrogens is 572 g/mol. The third kappa shape index (κ3) is 7.66. The van der Waals surface area contributed by atoms with Crippen LogP contribution in [0, 0.1) is 13.8 Å². The Morgan fingerprint density at radius 1 is 1.02 bits per heavy atom. The summed E-state index contributed by atoms with van der Waals surface area (Å²) in [6.45, 7) is 6.16. The maximum atomic E-state index is 13.0. The fraction of sp³-hybridized carbons (Fsp3) is 0.333. The summed E-state index contributed by atoms with van der Waals surface area (Å²) in [6, 6.07) is 11.3. The van der Waals surface area contributed by atoms with E-state index in [1.165, 1.54) is 0 Å². The number of aliphatic hydroxyl groups is 1. The monoisotopic (exact) mass is 610 g/mol. The number of hydrogen-bond acceptors (Lipinski definition) is 10. The van der Waals surface area contributed by atoms with Crippen molar-refractivity contribution < 1.29 is 19.4 Å². The minimum absolute atomic E-state index is 0.0599. The lowest BCUT2D eigenvalue weighted by atomic mass is 9.96. The second-order valence-corrected chi connectivity index (χ2v) is 10.9. The van der Waals surface area contributed by atoms with Crippen molar-refractivity contribution in [2.45, 2.75) is 45.8 Å². The highest BCUT2D eigenvalue weighted by Crippen LogP contribution is 2.34. The number of benzene rings is 1. The number of carbonyl (C=O) groups excluding carboxylic acids is 2. The maximum absolute atomic E-state index is 13.0. The van der Waals surface area contributed by atoms with Crippen LogP contribution in [0.3, 0.4) is 0 Å². The molecule has 12 nitrogen and oxygen atoms in total. The van der Waals surface area contributed by atoms with Crippen LogP contribution in [-0.4, -0.2) is 69.7 Å². The van der Waals surface area contributed by atoms with E-state index in [9.17, 15) is 9.59 Å². The van der Waals surface area contributed by atoms with E-state index in [1.54, 1.807) is 31.8 Å². The summed E-state index contributed by atoms with van der Waals surface area (Å²) in [4.78, 5) is 42.9. The van der Waals surface area contributed by atoms with Crippen molar-refractivity contribution in [3.05, 3.63) is 83.1 Å². The quantitative estimate of drug-likeness (QED) is 0.142. The van der Waals surface area contributed by atoms with Crippen LogP contribution in [-0.2, 0) is 17.9 Å². The molecule has 0 radical (unpaired) electrons. The van der Waals surface area contributed by atoms with E-state index in [4.69, 9.17) is 19.8 Å². The molecule has 0 bridgehead atoms. The number of carbonyl (C=O) groups is 2. The molecule has 1 aliphatic rings. The van der Waals surface area contributed by atoms with Crippen LogP contribution in [0.5, 0.6) is 5.88 Å². The molecule has 1 saturated heterocycles. The molecule has 12 heteroatoms. The first kappa shape index (κ1) is 31.6. The Kier molecular flexibility index (Phi) is 10.4. The normalized spacial score (nSPS) is 14.3. The molecule has 0 saturated carbocycles. The summed E-state index contributed by atoms with van der Waals surface area (Å²) < 4.78 is 5.58. The summed E-state index contributed by atoms with van der Waals surface area (Å²) in [5.74, 6) is 0.205. The molecule has 0 aliphatic carbocycles. The van der Waals surface area contributed by atoms with Crippen molar-refractivity contribution in [1.29, 1.82) is 0 Å². The van der Waals surface area contributed by atoms with E-state index in [-0.39, 0.29) is 24.5 Å². The van der Waals surface area contributed by atoms with Crippen molar-refractivity contribution in [1.82, 2.24) is 35.9 Å². The summed E-state index contributed by atoms with van der Waals surface area (Å²) in [5, 5.41) is 21.3. The topological polar surface area (TPSA) is 163 Å².